The zero-order valence-electron chi connectivity index (χ0n) is 9.66. The van der Waals surface area contributed by atoms with E-state index >= 15 is 0 Å². The molecule has 0 saturated carbocycles. The predicted octanol–water partition coefficient (Wildman–Crippen LogP) is 3.13. The summed E-state index contributed by atoms with van der Waals surface area (Å²) in [6.07, 6.45) is 2.59. The number of halogens is 1. The topological polar surface area (TPSA) is 29.3 Å². The first-order chi connectivity index (χ1) is 7.74. The van der Waals surface area contributed by atoms with E-state index in [0.717, 1.165) is 10.3 Å². The van der Waals surface area contributed by atoms with Crippen molar-refractivity contribution in [1.29, 1.82) is 0 Å². The molecule has 1 aliphatic rings. The molecule has 2 nitrogen and oxygen atoms in total. The van der Waals surface area contributed by atoms with Crippen molar-refractivity contribution in [1.82, 2.24) is 4.90 Å². The van der Waals surface area contributed by atoms with Crippen molar-refractivity contribution < 1.29 is 0 Å². The van der Waals surface area contributed by atoms with Gasteiger partial charge in [0.2, 0.25) is 0 Å². The summed E-state index contributed by atoms with van der Waals surface area (Å²) in [4.78, 5) is 3.82. The van der Waals surface area contributed by atoms with Gasteiger partial charge in [-0.3, -0.25) is 4.90 Å². The number of hydrogen-bond acceptors (Lipinski definition) is 3. The molecule has 1 aromatic heterocycles. The molecular weight excluding hydrogens is 240 g/mol. The summed E-state index contributed by atoms with van der Waals surface area (Å²) >= 11 is 7.64. The first kappa shape index (κ1) is 12.4. The molecule has 0 spiro atoms. The third kappa shape index (κ3) is 2.59. The number of likely N-dealkylation sites (tertiary alicyclic amines) is 1. The van der Waals surface area contributed by atoms with Gasteiger partial charge in [0, 0.05) is 18.0 Å². The van der Waals surface area contributed by atoms with Crippen LogP contribution in [0.4, 0.5) is 0 Å². The maximum atomic E-state index is 5.98. The normalized spacial score (nSPS) is 23.8. The maximum Gasteiger partial charge on any atom is 0.0931 e. The van der Waals surface area contributed by atoms with E-state index in [-0.39, 0.29) is 0 Å². The first-order valence-electron chi connectivity index (χ1n) is 5.94. The minimum Gasteiger partial charge on any atom is -0.329 e. The fourth-order valence-corrected chi connectivity index (χ4v) is 3.64. The maximum absolute atomic E-state index is 5.98. The molecule has 1 fully saturated rings. The SMILES string of the molecule is CCC1CCN(C(CN)c2ccc(Cl)s2)C1. The summed E-state index contributed by atoms with van der Waals surface area (Å²) in [6, 6.07) is 4.45. The average molecular weight is 259 g/mol. The van der Waals surface area contributed by atoms with Gasteiger partial charge in [0.15, 0.2) is 0 Å². The van der Waals surface area contributed by atoms with Gasteiger partial charge < -0.3 is 5.73 Å². The highest BCUT2D eigenvalue weighted by atomic mass is 35.5. The summed E-state index contributed by atoms with van der Waals surface area (Å²) in [5.41, 5.74) is 5.90. The van der Waals surface area contributed by atoms with Gasteiger partial charge >= 0.3 is 0 Å². The van der Waals surface area contributed by atoms with Gasteiger partial charge in [-0.1, -0.05) is 24.9 Å². The van der Waals surface area contributed by atoms with Crippen LogP contribution in [0.2, 0.25) is 4.34 Å². The second-order valence-corrected chi connectivity index (χ2v) is 6.20. The highest BCUT2D eigenvalue weighted by Gasteiger charge is 2.28. The monoisotopic (exact) mass is 258 g/mol. The molecule has 2 atom stereocenters. The van der Waals surface area contributed by atoms with Gasteiger partial charge in [0.05, 0.1) is 10.4 Å². The molecule has 1 saturated heterocycles. The van der Waals surface area contributed by atoms with Crippen LogP contribution < -0.4 is 5.73 Å². The van der Waals surface area contributed by atoms with E-state index in [1.807, 2.05) is 6.07 Å². The fourth-order valence-electron chi connectivity index (χ4n) is 2.43. The molecule has 0 aliphatic carbocycles. The standard InChI is InChI=1S/C12H19ClN2S/c1-2-9-5-6-15(8-9)10(7-14)11-3-4-12(13)16-11/h3-4,9-10H,2,5-8,14H2,1H3. The number of thiophene rings is 1. The van der Waals surface area contributed by atoms with Crippen LogP contribution in [0.25, 0.3) is 0 Å². The van der Waals surface area contributed by atoms with Gasteiger partial charge in [-0.05, 0) is 31.0 Å². The third-order valence-corrected chi connectivity index (χ3v) is 4.81. The number of hydrogen-bond donors (Lipinski definition) is 1. The molecule has 16 heavy (non-hydrogen) atoms. The zero-order valence-corrected chi connectivity index (χ0v) is 11.2. The summed E-state index contributed by atoms with van der Waals surface area (Å²) < 4.78 is 0.861. The van der Waals surface area contributed by atoms with Crippen molar-refractivity contribution in [3.8, 4) is 0 Å². The molecule has 0 radical (unpaired) electrons. The van der Waals surface area contributed by atoms with Crippen LogP contribution in [-0.4, -0.2) is 24.5 Å². The fraction of sp³-hybridized carbons (Fsp3) is 0.667. The van der Waals surface area contributed by atoms with Crippen molar-refractivity contribution in [3.05, 3.63) is 21.3 Å². The summed E-state index contributed by atoms with van der Waals surface area (Å²) in [5, 5.41) is 0. The Labute approximate surface area is 106 Å². The molecule has 90 valence electrons. The van der Waals surface area contributed by atoms with Crippen LogP contribution in [0.3, 0.4) is 0 Å². The van der Waals surface area contributed by atoms with Gasteiger partial charge in [-0.2, -0.15) is 0 Å². The predicted molar refractivity (Wildman–Crippen MR) is 71.1 cm³/mol. The van der Waals surface area contributed by atoms with E-state index in [1.54, 1.807) is 11.3 Å². The number of rotatable bonds is 4. The minimum atomic E-state index is 0.369. The Bertz CT molecular complexity index is 340. The van der Waals surface area contributed by atoms with Crippen LogP contribution in [0.15, 0.2) is 12.1 Å². The van der Waals surface area contributed by atoms with E-state index in [4.69, 9.17) is 17.3 Å². The molecule has 0 bridgehead atoms. The molecule has 1 aliphatic heterocycles. The molecule has 2 N–H and O–H groups in total. The smallest absolute Gasteiger partial charge is 0.0931 e. The lowest BCUT2D eigenvalue weighted by molar-refractivity contribution is 0.244. The molecule has 0 amide bonds. The Hall–Kier alpha value is -0.0900. The van der Waals surface area contributed by atoms with Crippen molar-refractivity contribution in [3.63, 3.8) is 0 Å². The van der Waals surface area contributed by atoms with Crippen molar-refractivity contribution >= 4 is 22.9 Å². The van der Waals surface area contributed by atoms with Crippen molar-refractivity contribution in [2.75, 3.05) is 19.6 Å². The van der Waals surface area contributed by atoms with E-state index < -0.39 is 0 Å². The zero-order chi connectivity index (χ0) is 11.5. The van der Waals surface area contributed by atoms with Gasteiger partial charge in [-0.15, -0.1) is 11.3 Å². The number of nitrogens with zero attached hydrogens (tertiary/aromatic N) is 1. The summed E-state index contributed by atoms with van der Waals surface area (Å²) in [7, 11) is 0. The van der Waals surface area contributed by atoms with Gasteiger partial charge in [0.1, 0.15) is 0 Å². The quantitative estimate of drug-likeness (QED) is 0.899. The molecule has 2 rings (SSSR count). The summed E-state index contributed by atoms with van der Waals surface area (Å²) in [6.45, 7) is 5.32. The molecule has 1 aromatic rings. The van der Waals surface area contributed by atoms with Crippen molar-refractivity contribution in [2.45, 2.75) is 25.8 Å². The van der Waals surface area contributed by atoms with Crippen LogP contribution in [-0.2, 0) is 0 Å². The Balaban J connectivity index is 2.06. The highest BCUT2D eigenvalue weighted by Crippen LogP contribution is 2.33. The van der Waals surface area contributed by atoms with E-state index in [0.29, 0.717) is 12.6 Å². The molecule has 2 unspecified atom stereocenters. The largest absolute Gasteiger partial charge is 0.329 e. The lowest BCUT2D eigenvalue weighted by Crippen LogP contribution is -2.31. The Morgan fingerprint density at radius 2 is 2.44 bits per heavy atom. The lowest BCUT2D eigenvalue weighted by Gasteiger charge is -2.25. The van der Waals surface area contributed by atoms with E-state index in [2.05, 4.69) is 17.9 Å². The van der Waals surface area contributed by atoms with Gasteiger partial charge in [0.25, 0.3) is 0 Å². The Kier molecular flexibility index (Phi) is 4.25. The average Bonchev–Trinajstić information content (AvgIpc) is 2.89. The molecule has 4 heteroatoms. The molecule has 2 heterocycles. The molecular formula is C12H19ClN2S. The van der Waals surface area contributed by atoms with E-state index in [1.165, 1.54) is 30.8 Å². The number of nitrogens with two attached hydrogens (primary N) is 1. The van der Waals surface area contributed by atoms with E-state index in [9.17, 15) is 0 Å². The highest BCUT2D eigenvalue weighted by molar-refractivity contribution is 7.16. The lowest BCUT2D eigenvalue weighted by atomic mass is 10.1. The molecule has 0 aromatic carbocycles. The second kappa shape index (κ2) is 5.50. The summed E-state index contributed by atoms with van der Waals surface area (Å²) in [5.74, 6) is 0.851. The van der Waals surface area contributed by atoms with Crippen LogP contribution in [0.1, 0.15) is 30.7 Å². The third-order valence-electron chi connectivity index (χ3n) is 3.48. The first-order valence-corrected chi connectivity index (χ1v) is 7.13. The minimum absolute atomic E-state index is 0.369. The van der Waals surface area contributed by atoms with Gasteiger partial charge in [-0.25, -0.2) is 0 Å². The Morgan fingerprint density at radius 3 is 2.94 bits per heavy atom. The Morgan fingerprint density at radius 1 is 1.62 bits per heavy atom. The van der Waals surface area contributed by atoms with Crippen LogP contribution in [0.5, 0.6) is 0 Å². The van der Waals surface area contributed by atoms with Crippen molar-refractivity contribution in [2.24, 2.45) is 11.7 Å². The van der Waals surface area contributed by atoms with Crippen LogP contribution >= 0.6 is 22.9 Å². The van der Waals surface area contributed by atoms with Crippen LogP contribution in [0, 0.1) is 5.92 Å². The second-order valence-electron chi connectivity index (χ2n) is 4.45.